The van der Waals surface area contributed by atoms with E-state index in [9.17, 15) is 0 Å². The lowest BCUT2D eigenvalue weighted by molar-refractivity contribution is 0.611. The van der Waals surface area contributed by atoms with Gasteiger partial charge in [0.05, 0.1) is 29.8 Å². The molecule has 2 rings (SSSR count). The Balaban J connectivity index is 2.28. The van der Waals surface area contributed by atoms with Gasteiger partial charge in [0.2, 0.25) is 0 Å². The Bertz CT molecular complexity index is 481. The molecule has 0 atom stereocenters. The Morgan fingerprint density at radius 2 is 2.07 bits per heavy atom. The van der Waals surface area contributed by atoms with Crippen molar-refractivity contribution in [2.24, 2.45) is 7.05 Å². The number of nitrogen functional groups attached to an aromatic ring is 1. The zero-order valence-electron chi connectivity index (χ0n) is 9.10. The van der Waals surface area contributed by atoms with Gasteiger partial charge in [0.25, 0.3) is 0 Å². The van der Waals surface area contributed by atoms with Crippen LogP contribution in [0.3, 0.4) is 0 Å². The molecule has 0 unspecified atom stereocenters. The van der Waals surface area contributed by atoms with Crippen molar-refractivity contribution in [2.75, 3.05) is 5.73 Å². The Hall–Kier alpha value is -1.85. The molecular weight excluding hydrogens is 192 g/mol. The van der Waals surface area contributed by atoms with Crippen LogP contribution in [0.2, 0.25) is 0 Å². The molecule has 0 aliphatic heterocycles. The second kappa shape index (κ2) is 3.38. The zero-order chi connectivity index (χ0) is 11.0. The number of aromatic nitrogens is 5. The number of hydrogen-bond acceptors (Lipinski definition) is 4. The van der Waals surface area contributed by atoms with Crippen LogP contribution in [0.15, 0.2) is 6.20 Å². The van der Waals surface area contributed by atoms with Crippen molar-refractivity contribution in [1.82, 2.24) is 24.8 Å². The molecule has 6 nitrogen and oxygen atoms in total. The first-order valence-electron chi connectivity index (χ1n) is 4.72. The molecule has 2 heterocycles. The van der Waals surface area contributed by atoms with Crippen molar-refractivity contribution in [3.05, 3.63) is 23.3 Å². The molecule has 0 aromatic carbocycles. The highest BCUT2D eigenvalue weighted by Gasteiger charge is 2.09. The van der Waals surface area contributed by atoms with Gasteiger partial charge in [0.1, 0.15) is 5.69 Å². The standard InChI is InChI=1S/C9H14N6/c1-6-9(10)7(2)15(12-6)5-8-4-11-14(3)13-8/h4H,5,10H2,1-3H3. The summed E-state index contributed by atoms with van der Waals surface area (Å²) >= 11 is 0. The van der Waals surface area contributed by atoms with Crippen molar-refractivity contribution in [3.63, 3.8) is 0 Å². The molecule has 2 aromatic heterocycles. The number of aryl methyl sites for hydroxylation is 2. The summed E-state index contributed by atoms with van der Waals surface area (Å²) in [4.78, 5) is 1.53. The smallest absolute Gasteiger partial charge is 0.104 e. The van der Waals surface area contributed by atoms with E-state index in [4.69, 9.17) is 5.73 Å². The zero-order valence-corrected chi connectivity index (χ0v) is 9.10. The van der Waals surface area contributed by atoms with Crippen LogP contribution in [0.25, 0.3) is 0 Å². The van der Waals surface area contributed by atoms with E-state index in [1.807, 2.05) is 18.5 Å². The van der Waals surface area contributed by atoms with Crippen molar-refractivity contribution >= 4 is 5.69 Å². The highest BCUT2D eigenvalue weighted by molar-refractivity contribution is 5.46. The highest BCUT2D eigenvalue weighted by atomic mass is 15.5. The van der Waals surface area contributed by atoms with Crippen LogP contribution < -0.4 is 5.73 Å². The summed E-state index contributed by atoms with van der Waals surface area (Å²) < 4.78 is 1.84. The molecule has 0 aliphatic rings. The van der Waals surface area contributed by atoms with Gasteiger partial charge in [-0.15, -0.1) is 0 Å². The van der Waals surface area contributed by atoms with E-state index < -0.39 is 0 Å². The van der Waals surface area contributed by atoms with Crippen LogP contribution in [-0.2, 0) is 13.6 Å². The highest BCUT2D eigenvalue weighted by Crippen LogP contribution is 2.15. The van der Waals surface area contributed by atoms with Crippen molar-refractivity contribution in [3.8, 4) is 0 Å². The van der Waals surface area contributed by atoms with Gasteiger partial charge >= 0.3 is 0 Å². The molecule has 0 aliphatic carbocycles. The largest absolute Gasteiger partial charge is 0.396 e. The predicted octanol–water partition coefficient (Wildman–Crippen LogP) is 0.259. The van der Waals surface area contributed by atoms with Gasteiger partial charge in [-0.25, -0.2) is 0 Å². The summed E-state index contributed by atoms with van der Waals surface area (Å²) in [7, 11) is 1.79. The summed E-state index contributed by atoms with van der Waals surface area (Å²) in [5.74, 6) is 0. The molecule has 0 radical (unpaired) electrons. The van der Waals surface area contributed by atoms with E-state index in [1.165, 1.54) is 4.80 Å². The summed E-state index contributed by atoms with van der Waals surface area (Å²) in [5, 5.41) is 12.5. The normalized spacial score (nSPS) is 10.9. The monoisotopic (exact) mass is 206 g/mol. The first-order valence-corrected chi connectivity index (χ1v) is 4.72. The lowest BCUT2D eigenvalue weighted by Gasteiger charge is -2.00. The van der Waals surface area contributed by atoms with Gasteiger partial charge in [-0.2, -0.15) is 20.1 Å². The van der Waals surface area contributed by atoms with Crippen molar-refractivity contribution in [2.45, 2.75) is 20.4 Å². The molecular formula is C9H14N6. The number of rotatable bonds is 2. The maximum Gasteiger partial charge on any atom is 0.104 e. The Kier molecular flexibility index (Phi) is 2.18. The summed E-state index contributed by atoms with van der Waals surface area (Å²) in [6.07, 6.45) is 1.73. The molecule has 15 heavy (non-hydrogen) atoms. The molecule has 0 saturated heterocycles. The third-order valence-electron chi connectivity index (χ3n) is 2.40. The molecule has 0 bridgehead atoms. The fraction of sp³-hybridized carbons (Fsp3) is 0.444. The number of anilines is 1. The molecule has 6 heteroatoms. The molecule has 0 saturated carbocycles. The van der Waals surface area contributed by atoms with Crippen LogP contribution in [0.1, 0.15) is 17.1 Å². The van der Waals surface area contributed by atoms with Crippen LogP contribution in [0.4, 0.5) is 5.69 Å². The number of nitrogens with two attached hydrogens (primary N) is 1. The molecule has 0 spiro atoms. The number of hydrogen-bond donors (Lipinski definition) is 1. The molecule has 2 aromatic rings. The number of nitrogens with zero attached hydrogens (tertiary/aromatic N) is 5. The quantitative estimate of drug-likeness (QED) is 0.764. The van der Waals surface area contributed by atoms with Gasteiger partial charge < -0.3 is 5.73 Å². The molecule has 0 fully saturated rings. The summed E-state index contributed by atoms with van der Waals surface area (Å²) in [6.45, 7) is 4.46. The van der Waals surface area contributed by atoms with Crippen molar-refractivity contribution in [1.29, 1.82) is 0 Å². The van der Waals surface area contributed by atoms with Crippen LogP contribution in [-0.4, -0.2) is 24.8 Å². The second-order valence-electron chi connectivity index (χ2n) is 3.57. The van der Waals surface area contributed by atoms with Crippen LogP contribution in [0, 0.1) is 13.8 Å². The first-order chi connectivity index (χ1) is 7.08. The third-order valence-corrected chi connectivity index (χ3v) is 2.40. The van der Waals surface area contributed by atoms with E-state index in [2.05, 4.69) is 15.3 Å². The lowest BCUT2D eigenvalue weighted by atomic mass is 10.3. The third kappa shape index (κ3) is 1.70. The lowest BCUT2D eigenvalue weighted by Crippen LogP contribution is -2.05. The van der Waals surface area contributed by atoms with Gasteiger partial charge in [-0.05, 0) is 13.8 Å². The molecule has 80 valence electrons. The van der Waals surface area contributed by atoms with Gasteiger partial charge in [-0.1, -0.05) is 0 Å². The van der Waals surface area contributed by atoms with Gasteiger partial charge in [0.15, 0.2) is 0 Å². The minimum atomic E-state index is 0.609. The first kappa shape index (κ1) is 9.70. The van der Waals surface area contributed by atoms with E-state index in [1.54, 1.807) is 13.2 Å². The van der Waals surface area contributed by atoms with Crippen LogP contribution in [0.5, 0.6) is 0 Å². The van der Waals surface area contributed by atoms with E-state index in [-0.39, 0.29) is 0 Å². The maximum atomic E-state index is 5.84. The SMILES string of the molecule is Cc1nn(Cc2cnn(C)n2)c(C)c1N. The van der Waals surface area contributed by atoms with E-state index in [0.29, 0.717) is 6.54 Å². The van der Waals surface area contributed by atoms with E-state index >= 15 is 0 Å². The minimum Gasteiger partial charge on any atom is -0.396 e. The van der Waals surface area contributed by atoms with Gasteiger partial charge in [-0.3, -0.25) is 4.68 Å². The Morgan fingerprint density at radius 1 is 1.33 bits per heavy atom. The fourth-order valence-electron chi connectivity index (χ4n) is 1.48. The summed E-state index contributed by atoms with van der Waals surface area (Å²) in [5.41, 5.74) is 9.29. The predicted molar refractivity (Wildman–Crippen MR) is 56.2 cm³/mol. The second-order valence-corrected chi connectivity index (χ2v) is 3.57. The Morgan fingerprint density at radius 3 is 2.53 bits per heavy atom. The minimum absolute atomic E-state index is 0.609. The molecule has 0 amide bonds. The topological polar surface area (TPSA) is 74.5 Å². The average molecular weight is 206 g/mol. The van der Waals surface area contributed by atoms with Crippen molar-refractivity contribution < 1.29 is 0 Å². The van der Waals surface area contributed by atoms with E-state index in [0.717, 1.165) is 22.8 Å². The van der Waals surface area contributed by atoms with Gasteiger partial charge in [0, 0.05) is 7.05 Å². The maximum absolute atomic E-state index is 5.84. The summed E-state index contributed by atoms with van der Waals surface area (Å²) in [6, 6.07) is 0. The molecule has 2 N–H and O–H groups in total. The Labute approximate surface area is 87.7 Å². The van der Waals surface area contributed by atoms with Crippen LogP contribution >= 0.6 is 0 Å². The fourth-order valence-corrected chi connectivity index (χ4v) is 1.48. The average Bonchev–Trinajstić information content (AvgIpc) is 2.68.